The van der Waals surface area contributed by atoms with Crippen LogP contribution in [0.3, 0.4) is 0 Å². The molecule has 5 nitrogen and oxygen atoms in total. The fourth-order valence-corrected chi connectivity index (χ4v) is 2.36. The molecule has 0 radical (unpaired) electrons. The summed E-state index contributed by atoms with van der Waals surface area (Å²) in [5.41, 5.74) is 1.03. The van der Waals surface area contributed by atoms with Gasteiger partial charge in [-0.25, -0.2) is 0 Å². The van der Waals surface area contributed by atoms with Crippen molar-refractivity contribution in [2.24, 2.45) is 5.92 Å². The van der Waals surface area contributed by atoms with E-state index in [1.165, 1.54) is 0 Å². The lowest BCUT2D eigenvalue weighted by atomic mass is 10.1. The Bertz CT molecular complexity index is 433. The molecule has 2 rings (SSSR count). The minimum Gasteiger partial charge on any atom is -0.497 e. The smallest absolute Gasteiger partial charge is 0.309 e. The van der Waals surface area contributed by atoms with Crippen molar-refractivity contribution < 1.29 is 14.6 Å². The fraction of sp³-hybridized carbons (Fsp3) is 0.500. The molecule has 1 fully saturated rings. The minimum atomic E-state index is -0.750. The van der Waals surface area contributed by atoms with Crippen molar-refractivity contribution in [3.05, 3.63) is 24.3 Å². The summed E-state index contributed by atoms with van der Waals surface area (Å²) in [5, 5.41) is 12.4. The number of carbonyl (C=O) groups is 1. The van der Waals surface area contributed by atoms with Crippen molar-refractivity contribution in [2.75, 3.05) is 31.6 Å². The highest BCUT2D eigenvalue weighted by Gasteiger charge is 2.27. The third-order valence-corrected chi connectivity index (χ3v) is 3.53. The van der Waals surface area contributed by atoms with Gasteiger partial charge in [0.15, 0.2) is 0 Å². The molecule has 5 heteroatoms. The molecule has 0 aromatic heterocycles. The number of methoxy groups -OCH3 is 1. The van der Waals surface area contributed by atoms with E-state index in [9.17, 15) is 9.90 Å². The summed E-state index contributed by atoms with van der Waals surface area (Å²) in [7, 11) is 1.63. The van der Waals surface area contributed by atoms with E-state index < -0.39 is 5.97 Å². The van der Waals surface area contributed by atoms with Crippen molar-refractivity contribution in [3.63, 3.8) is 0 Å². The zero-order valence-electron chi connectivity index (χ0n) is 11.3. The van der Waals surface area contributed by atoms with Crippen LogP contribution in [-0.2, 0) is 4.79 Å². The highest BCUT2D eigenvalue weighted by molar-refractivity contribution is 5.71. The Hall–Kier alpha value is -1.75. The number of ether oxygens (including phenoxy) is 1. The molecule has 2 N–H and O–H groups in total. The number of hydrogen-bond acceptors (Lipinski definition) is 4. The highest BCUT2D eigenvalue weighted by Crippen LogP contribution is 2.23. The number of aliphatic carboxylic acids is 1. The molecule has 1 aromatic carbocycles. The summed E-state index contributed by atoms with van der Waals surface area (Å²) in [6.07, 6.45) is 0. The van der Waals surface area contributed by atoms with Crippen LogP contribution in [-0.4, -0.2) is 43.9 Å². The Kier molecular flexibility index (Phi) is 4.27. The fourth-order valence-electron chi connectivity index (χ4n) is 2.36. The summed E-state index contributed by atoms with van der Waals surface area (Å²) in [6.45, 7) is 3.93. The number of anilines is 1. The van der Waals surface area contributed by atoms with Crippen LogP contribution in [0.25, 0.3) is 0 Å². The molecule has 1 aliphatic heterocycles. The second-order valence-corrected chi connectivity index (χ2v) is 4.89. The summed E-state index contributed by atoms with van der Waals surface area (Å²) >= 11 is 0. The van der Waals surface area contributed by atoms with E-state index in [1.54, 1.807) is 7.11 Å². The van der Waals surface area contributed by atoms with Crippen molar-refractivity contribution in [3.8, 4) is 5.75 Å². The van der Waals surface area contributed by atoms with E-state index in [1.807, 2.05) is 24.3 Å². The van der Waals surface area contributed by atoms with Crippen LogP contribution in [0.5, 0.6) is 5.75 Å². The van der Waals surface area contributed by atoms with E-state index in [-0.39, 0.29) is 12.0 Å². The first-order chi connectivity index (χ1) is 9.11. The largest absolute Gasteiger partial charge is 0.497 e. The number of carboxylic acid groups (broad SMARTS) is 1. The molecular formula is C14H20N2O3. The molecule has 1 aliphatic rings. The second-order valence-electron chi connectivity index (χ2n) is 4.89. The Morgan fingerprint density at radius 3 is 2.63 bits per heavy atom. The van der Waals surface area contributed by atoms with E-state index in [2.05, 4.69) is 17.1 Å². The average Bonchev–Trinajstić information content (AvgIpc) is 2.61. The Morgan fingerprint density at radius 1 is 1.37 bits per heavy atom. The number of nitrogens with zero attached hydrogens (tertiary/aromatic N) is 1. The van der Waals surface area contributed by atoms with E-state index >= 15 is 0 Å². The van der Waals surface area contributed by atoms with Gasteiger partial charge in [-0.1, -0.05) is 0 Å². The van der Waals surface area contributed by atoms with E-state index in [0.717, 1.165) is 18.0 Å². The first-order valence-corrected chi connectivity index (χ1v) is 6.46. The van der Waals surface area contributed by atoms with Crippen LogP contribution in [0.4, 0.5) is 5.69 Å². The molecule has 0 amide bonds. The van der Waals surface area contributed by atoms with Crippen LogP contribution in [0.15, 0.2) is 24.3 Å². The summed E-state index contributed by atoms with van der Waals surface area (Å²) < 4.78 is 5.14. The minimum absolute atomic E-state index is 0.262. The van der Waals surface area contributed by atoms with E-state index in [0.29, 0.717) is 13.1 Å². The van der Waals surface area contributed by atoms with Gasteiger partial charge >= 0.3 is 5.97 Å². The Morgan fingerprint density at radius 2 is 2.05 bits per heavy atom. The lowest BCUT2D eigenvalue weighted by molar-refractivity contribution is -0.141. The quantitative estimate of drug-likeness (QED) is 0.859. The molecule has 1 heterocycles. The lowest BCUT2D eigenvalue weighted by Crippen LogP contribution is -2.39. The molecule has 104 valence electrons. The van der Waals surface area contributed by atoms with Gasteiger partial charge in [-0.05, 0) is 31.2 Å². The third-order valence-electron chi connectivity index (χ3n) is 3.53. The monoisotopic (exact) mass is 264 g/mol. The third kappa shape index (κ3) is 3.17. The first kappa shape index (κ1) is 13.7. The Labute approximate surface area is 113 Å². The number of hydrogen-bond donors (Lipinski definition) is 2. The second kappa shape index (κ2) is 5.93. The number of nitrogens with one attached hydrogen (secondary N) is 1. The van der Waals surface area contributed by atoms with Gasteiger partial charge in [-0.15, -0.1) is 0 Å². The average molecular weight is 264 g/mol. The van der Waals surface area contributed by atoms with Crippen molar-refractivity contribution in [2.45, 2.75) is 13.0 Å². The number of carboxylic acids is 1. The van der Waals surface area contributed by atoms with Gasteiger partial charge in [-0.3, -0.25) is 4.79 Å². The number of benzene rings is 1. The van der Waals surface area contributed by atoms with Crippen molar-refractivity contribution in [1.29, 1.82) is 0 Å². The Balaban J connectivity index is 2.20. The molecule has 0 aliphatic carbocycles. The maximum absolute atomic E-state index is 11.2. The molecule has 19 heavy (non-hydrogen) atoms. The maximum atomic E-state index is 11.2. The van der Waals surface area contributed by atoms with Gasteiger partial charge in [0.2, 0.25) is 0 Å². The van der Waals surface area contributed by atoms with Crippen molar-refractivity contribution >= 4 is 11.7 Å². The SMILES string of the molecule is COc1ccc(N2CC(C(=O)O)CNCC2C)cc1. The van der Waals surface area contributed by atoms with Crippen LogP contribution < -0.4 is 15.0 Å². The normalized spacial score (nSPS) is 23.8. The van der Waals surface area contributed by atoms with Crippen molar-refractivity contribution in [1.82, 2.24) is 5.32 Å². The van der Waals surface area contributed by atoms with Crippen LogP contribution in [0.2, 0.25) is 0 Å². The zero-order chi connectivity index (χ0) is 13.8. The highest BCUT2D eigenvalue weighted by atomic mass is 16.5. The standard InChI is InChI=1S/C14H20N2O3/c1-10-7-15-8-11(14(17)18)9-16(10)12-3-5-13(19-2)6-4-12/h3-6,10-11,15H,7-9H2,1-2H3,(H,17,18). The zero-order valence-corrected chi connectivity index (χ0v) is 11.3. The summed E-state index contributed by atoms with van der Waals surface area (Å²) in [6, 6.07) is 8.00. The first-order valence-electron chi connectivity index (χ1n) is 6.46. The molecule has 1 saturated heterocycles. The molecule has 0 spiro atoms. The topological polar surface area (TPSA) is 61.8 Å². The molecule has 2 atom stereocenters. The summed E-state index contributed by atoms with van der Waals surface area (Å²) in [5.74, 6) is -0.328. The predicted octanol–water partition coefficient (Wildman–Crippen LogP) is 1.19. The van der Waals surface area contributed by atoms with Crippen LogP contribution in [0.1, 0.15) is 6.92 Å². The van der Waals surface area contributed by atoms with Crippen LogP contribution >= 0.6 is 0 Å². The maximum Gasteiger partial charge on any atom is 0.309 e. The molecule has 1 aromatic rings. The predicted molar refractivity (Wildman–Crippen MR) is 73.8 cm³/mol. The van der Waals surface area contributed by atoms with Gasteiger partial charge < -0.3 is 20.1 Å². The molecule has 2 unspecified atom stereocenters. The molecule has 0 saturated carbocycles. The number of rotatable bonds is 3. The van der Waals surface area contributed by atoms with Gasteiger partial charge in [-0.2, -0.15) is 0 Å². The molecular weight excluding hydrogens is 244 g/mol. The van der Waals surface area contributed by atoms with Gasteiger partial charge in [0.05, 0.1) is 13.0 Å². The van der Waals surface area contributed by atoms with Crippen LogP contribution in [0, 0.1) is 5.92 Å². The van der Waals surface area contributed by atoms with Gasteiger partial charge in [0.1, 0.15) is 5.75 Å². The lowest BCUT2D eigenvalue weighted by Gasteiger charge is -2.30. The van der Waals surface area contributed by atoms with Gasteiger partial charge in [0, 0.05) is 31.4 Å². The van der Waals surface area contributed by atoms with Gasteiger partial charge in [0.25, 0.3) is 0 Å². The van der Waals surface area contributed by atoms with E-state index in [4.69, 9.17) is 4.74 Å². The summed E-state index contributed by atoms with van der Waals surface area (Å²) in [4.78, 5) is 13.3. The molecule has 0 bridgehead atoms.